The predicted molar refractivity (Wildman–Crippen MR) is 81.7 cm³/mol. The zero-order valence-corrected chi connectivity index (χ0v) is 11.7. The molecule has 4 heteroatoms. The second kappa shape index (κ2) is 5.17. The highest BCUT2D eigenvalue weighted by Crippen LogP contribution is 2.25. The molecule has 0 radical (unpaired) electrons. The zero-order valence-electron chi connectivity index (χ0n) is 11.0. The molecule has 0 aliphatic carbocycles. The molecule has 2 nitrogen and oxygen atoms in total. The van der Waals surface area contributed by atoms with Gasteiger partial charge in [-0.25, -0.2) is 4.39 Å². The topological polar surface area (TPSA) is 27.8 Å². The molecule has 1 heterocycles. The Bertz CT molecular complexity index is 751. The number of benzene rings is 2. The molecule has 0 aliphatic rings. The maximum Gasteiger partial charge on any atom is 0.141 e. The van der Waals surface area contributed by atoms with E-state index < -0.39 is 5.82 Å². The summed E-state index contributed by atoms with van der Waals surface area (Å²) in [6.07, 6.45) is 1.91. The van der Waals surface area contributed by atoms with Crippen molar-refractivity contribution in [2.75, 3.05) is 5.32 Å². The van der Waals surface area contributed by atoms with Gasteiger partial charge in [-0.2, -0.15) is 0 Å². The van der Waals surface area contributed by atoms with Crippen LogP contribution in [-0.2, 0) is 0 Å². The van der Waals surface area contributed by atoms with Gasteiger partial charge in [0.25, 0.3) is 0 Å². The maximum atomic E-state index is 13.2. The van der Waals surface area contributed by atoms with Crippen LogP contribution in [0.4, 0.5) is 10.1 Å². The van der Waals surface area contributed by atoms with Crippen molar-refractivity contribution in [3.63, 3.8) is 0 Å². The van der Waals surface area contributed by atoms with Gasteiger partial charge in [0.2, 0.25) is 0 Å². The van der Waals surface area contributed by atoms with E-state index >= 15 is 0 Å². The molecule has 1 aromatic heterocycles. The van der Waals surface area contributed by atoms with E-state index in [1.165, 1.54) is 6.07 Å². The molecule has 20 heavy (non-hydrogen) atoms. The van der Waals surface area contributed by atoms with E-state index in [0.29, 0.717) is 0 Å². The molecule has 0 saturated carbocycles. The fraction of sp³-hybridized carbons (Fsp3) is 0.125. The molecule has 0 saturated heterocycles. The lowest BCUT2D eigenvalue weighted by Gasteiger charge is -2.16. The van der Waals surface area contributed by atoms with E-state index in [0.717, 1.165) is 22.2 Å². The first-order valence-electron chi connectivity index (χ1n) is 6.42. The molecule has 3 rings (SSSR count). The number of nitrogens with one attached hydrogen (secondary N) is 2. The number of hydrogen-bond donors (Lipinski definition) is 2. The Kier molecular flexibility index (Phi) is 3.36. The van der Waals surface area contributed by atoms with Crippen molar-refractivity contribution >= 4 is 28.2 Å². The average molecular weight is 289 g/mol. The minimum Gasteiger partial charge on any atom is -0.379 e. The summed E-state index contributed by atoms with van der Waals surface area (Å²) in [5, 5.41) is 4.69. The van der Waals surface area contributed by atoms with Crippen LogP contribution in [-0.4, -0.2) is 4.98 Å². The first kappa shape index (κ1) is 13.0. The van der Waals surface area contributed by atoms with Gasteiger partial charge in [0, 0.05) is 28.8 Å². The first-order chi connectivity index (χ1) is 9.63. The van der Waals surface area contributed by atoms with Crippen LogP contribution in [0.3, 0.4) is 0 Å². The van der Waals surface area contributed by atoms with Crippen LogP contribution >= 0.6 is 11.6 Å². The summed E-state index contributed by atoms with van der Waals surface area (Å²) < 4.78 is 13.2. The highest BCUT2D eigenvalue weighted by Gasteiger charge is 2.08. The largest absolute Gasteiger partial charge is 0.379 e. The lowest BCUT2D eigenvalue weighted by Crippen LogP contribution is -2.06. The summed E-state index contributed by atoms with van der Waals surface area (Å²) >= 11 is 5.82. The van der Waals surface area contributed by atoms with Crippen molar-refractivity contribution in [2.24, 2.45) is 0 Å². The maximum absolute atomic E-state index is 13.2. The molecule has 0 bridgehead atoms. The minimum absolute atomic E-state index is 0.0458. The van der Waals surface area contributed by atoms with Gasteiger partial charge in [-0.3, -0.25) is 0 Å². The predicted octanol–water partition coefficient (Wildman–Crippen LogP) is 5.13. The Labute approximate surface area is 121 Å². The molecule has 1 unspecified atom stereocenters. The third-order valence-electron chi connectivity index (χ3n) is 3.38. The summed E-state index contributed by atoms with van der Waals surface area (Å²) in [6.45, 7) is 2.02. The molecule has 3 aromatic rings. The second-order valence-corrected chi connectivity index (χ2v) is 5.23. The zero-order chi connectivity index (χ0) is 14.1. The number of H-pyrrole nitrogens is 1. The molecule has 102 valence electrons. The molecule has 0 fully saturated rings. The Morgan fingerprint density at radius 2 is 2.00 bits per heavy atom. The van der Waals surface area contributed by atoms with Gasteiger partial charge in [-0.1, -0.05) is 17.7 Å². The van der Waals surface area contributed by atoms with Crippen molar-refractivity contribution in [2.45, 2.75) is 13.0 Å². The third-order valence-corrected chi connectivity index (χ3v) is 3.67. The van der Waals surface area contributed by atoms with Crippen LogP contribution in [0.5, 0.6) is 0 Å². The lowest BCUT2D eigenvalue weighted by molar-refractivity contribution is 0.627. The highest BCUT2D eigenvalue weighted by molar-refractivity contribution is 6.30. The summed E-state index contributed by atoms with van der Waals surface area (Å²) in [7, 11) is 0. The van der Waals surface area contributed by atoms with E-state index in [9.17, 15) is 4.39 Å². The highest BCUT2D eigenvalue weighted by atomic mass is 35.5. The van der Waals surface area contributed by atoms with Gasteiger partial charge in [-0.15, -0.1) is 0 Å². The number of hydrogen-bond acceptors (Lipinski definition) is 1. The number of aromatic nitrogens is 1. The Morgan fingerprint density at radius 3 is 2.80 bits per heavy atom. The molecule has 0 amide bonds. The van der Waals surface area contributed by atoms with Crippen LogP contribution in [0.1, 0.15) is 18.5 Å². The lowest BCUT2D eigenvalue weighted by atomic mass is 10.1. The third kappa shape index (κ3) is 2.49. The Hall–Kier alpha value is -2.00. The van der Waals surface area contributed by atoms with E-state index in [4.69, 9.17) is 11.6 Å². The van der Waals surface area contributed by atoms with Crippen LogP contribution < -0.4 is 5.32 Å². The fourth-order valence-electron chi connectivity index (χ4n) is 2.26. The van der Waals surface area contributed by atoms with Crippen molar-refractivity contribution < 1.29 is 4.39 Å². The number of rotatable bonds is 3. The normalized spacial score (nSPS) is 12.6. The van der Waals surface area contributed by atoms with Crippen molar-refractivity contribution in [1.29, 1.82) is 0 Å². The van der Waals surface area contributed by atoms with Crippen molar-refractivity contribution in [3.05, 3.63) is 65.1 Å². The minimum atomic E-state index is -0.392. The van der Waals surface area contributed by atoms with Crippen molar-refractivity contribution in [1.82, 2.24) is 4.98 Å². The van der Waals surface area contributed by atoms with Gasteiger partial charge in [-0.05, 0) is 48.9 Å². The fourth-order valence-corrected chi connectivity index (χ4v) is 2.45. The van der Waals surface area contributed by atoms with E-state index in [1.54, 1.807) is 12.1 Å². The van der Waals surface area contributed by atoms with Gasteiger partial charge >= 0.3 is 0 Å². The van der Waals surface area contributed by atoms with Gasteiger partial charge in [0.15, 0.2) is 0 Å². The summed E-state index contributed by atoms with van der Waals surface area (Å²) in [5.41, 5.74) is 3.07. The number of anilines is 1. The van der Waals surface area contributed by atoms with E-state index in [-0.39, 0.29) is 11.1 Å². The van der Waals surface area contributed by atoms with E-state index in [1.807, 2.05) is 31.3 Å². The molecule has 2 N–H and O–H groups in total. The van der Waals surface area contributed by atoms with Gasteiger partial charge in [0.1, 0.15) is 5.82 Å². The van der Waals surface area contributed by atoms with Gasteiger partial charge < -0.3 is 10.3 Å². The average Bonchev–Trinajstić information content (AvgIpc) is 2.89. The summed E-state index contributed by atoms with van der Waals surface area (Å²) in [5.74, 6) is -0.392. The summed E-state index contributed by atoms with van der Waals surface area (Å²) in [4.78, 5) is 3.16. The molecule has 2 aromatic carbocycles. The Balaban J connectivity index is 1.83. The molecule has 0 aliphatic heterocycles. The number of aromatic amines is 1. The first-order valence-corrected chi connectivity index (χ1v) is 6.80. The number of fused-ring (bicyclic) bond motifs is 1. The van der Waals surface area contributed by atoms with Crippen LogP contribution in [0.15, 0.2) is 48.7 Å². The quantitative estimate of drug-likeness (QED) is 0.687. The van der Waals surface area contributed by atoms with Crippen LogP contribution in [0.25, 0.3) is 10.9 Å². The second-order valence-electron chi connectivity index (χ2n) is 4.82. The standard InChI is InChI=1S/C16H14ClFN2/c1-10(11-2-4-15(18)14(17)9-11)20-13-3-5-16-12(8-13)6-7-19-16/h2-10,19-20H,1H3. The smallest absolute Gasteiger partial charge is 0.141 e. The monoisotopic (exact) mass is 288 g/mol. The molecular formula is C16H14ClFN2. The molecular weight excluding hydrogens is 275 g/mol. The van der Waals surface area contributed by atoms with E-state index in [2.05, 4.69) is 16.4 Å². The molecule has 1 atom stereocenters. The molecule has 0 spiro atoms. The Morgan fingerprint density at radius 1 is 1.15 bits per heavy atom. The van der Waals surface area contributed by atoms with Crippen LogP contribution in [0, 0.1) is 5.82 Å². The summed E-state index contributed by atoms with van der Waals surface area (Å²) in [6, 6.07) is 13.0. The van der Waals surface area contributed by atoms with Crippen molar-refractivity contribution in [3.8, 4) is 0 Å². The van der Waals surface area contributed by atoms with Gasteiger partial charge in [0.05, 0.1) is 5.02 Å². The van der Waals surface area contributed by atoms with Crippen LogP contribution in [0.2, 0.25) is 5.02 Å². The SMILES string of the molecule is CC(Nc1ccc2[nH]ccc2c1)c1ccc(F)c(Cl)c1. The number of halogens is 2.